The molecular weight excluding hydrogens is 268 g/mol. The molecule has 21 heavy (non-hydrogen) atoms. The molecule has 1 aliphatic rings. The molecular formula is C16H22N2O3. The Bertz CT molecular complexity index is 503. The molecule has 2 rings (SSSR count). The summed E-state index contributed by atoms with van der Waals surface area (Å²) in [4.78, 5) is 27.7. The number of carbonyl (C=O) groups is 2. The first-order valence-corrected chi connectivity index (χ1v) is 7.17. The zero-order valence-electron chi connectivity index (χ0n) is 12.8. The molecule has 114 valence electrons. The minimum atomic E-state index is -0.169. The number of rotatable bonds is 3. The summed E-state index contributed by atoms with van der Waals surface area (Å²) in [7, 11) is 5.34. The van der Waals surface area contributed by atoms with Crippen molar-refractivity contribution in [2.45, 2.75) is 12.8 Å². The maximum absolute atomic E-state index is 12.4. The van der Waals surface area contributed by atoms with Crippen molar-refractivity contribution in [3.8, 4) is 0 Å². The fourth-order valence-electron chi connectivity index (χ4n) is 2.57. The summed E-state index contributed by atoms with van der Waals surface area (Å²) < 4.78 is 4.76. The van der Waals surface area contributed by atoms with Gasteiger partial charge in [-0.05, 0) is 37.1 Å². The molecule has 0 spiro atoms. The zero-order valence-corrected chi connectivity index (χ0v) is 12.8. The number of ether oxygens (including phenoxy) is 1. The van der Waals surface area contributed by atoms with Gasteiger partial charge in [0, 0.05) is 38.4 Å². The fraction of sp³-hybridized carbons (Fsp3) is 0.500. The van der Waals surface area contributed by atoms with Crippen molar-refractivity contribution < 1.29 is 14.3 Å². The van der Waals surface area contributed by atoms with Crippen LogP contribution in [0.4, 0.5) is 5.69 Å². The molecule has 1 amide bonds. The van der Waals surface area contributed by atoms with Crippen LogP contribution in [-0.2, 0) is 9.53 Å². The Morgan fingerprint density at radius 1 is 1.14 bits per heavy atom. The van der Waals surface area contributed by atoms with Crippen LogP contribution in [0.15, 0.2) is 24.3 Å². The topological polar surface area (TPSA) is 49.9 Å². The number of esters is 1. The number of benzene rings is 1. The van der Waals surface area contributed by atoms with E-state index in [0.29, 0.717) is 31.5 Å². The largest absolute Gasteiger partial charge is 0.469 e. The Labute approximate surface area is 125 Å². The van der Waals surface area contributed by atoms with Crippen LogP contribution in [0.3, 0.4) is 0 Å². The van der Waals surface area contributed by atoms with Gasteiger partial charge in [0.25, 0.3) is 5.91 Å². The Hall–Kier alpha value is -2.04. The number of nitrogens with zero attached hydrogens (tertiary/aromatic N) is 2. The molecule has 1 saturated heterocycles. The molecule has 0 atom stereocenters. The van der Waals surface area contributed by atoms with Crippen molar-refractivity contribution in [3.05, 3.63) is 29.8 Å². The van der Waals surface area contributed by atoms with Crippen LogP contribution in [-0.4, -0.2) is 51.1 Å². The predicted molar refractivity (Wildman–Crippen MR) is 81.4 cm³/mol. The lowest BCUT2D eigenvalue weighted by atomic mass is 9.96. The molecule has 0 unspecified atom stereocenters. The van der Waals surface area contributed by atoms with E-state index in [2.05, 4.69) is 0 Å². The summed E-state index contributed by atoms with van der Waals surface area (Å²) in [6, 6.07) is 7.58. The third-order valence-corrected chi connectivity index (χ3v) is 3.95. The third kappa shape index (κ3) is 3.54. The van der Waals surface area contributed by atoms with Gasteiger partial charge in [-0.2, -0.15) is 0 Å². The van der Waals surface area contributed by atoms with Crippen LogP contribution in [0.25, 0.3) is 0 Å². The van der Waals surface area contributed by atoms with Crippen LogP contribution < -0.4 is 4.90 Å². The monoisotopic (exact) mass is 290 g/mol. The summed E-state index contributed by atoms with van der Waals surface area (Å²) in [5.41, 5.74) is 1.76. The molecule has 0 saturated carbocycles. The number of hydrogen-bond donors (Lipinski definition) is 0. The second kappa shape index (κ2) is 6.61. The lowest BCUT2D eigenvalue weighted by molar-refractivity contribution is -0.146. The van der Waals surface area contributed by atoms with Gasteiger partial charge >= 0.3 is 5.97 Å². The van der Waals surface area contributed by atoms with Gasteiger partial charge in [0.2, 0.25) is 0 Å². The van der Waals surface area contributed by atoms with E-state index in [1.807, 2.05) is 48.2 Å². The van der Waals surface area contributed by atoms with Crippen molar-refractivity contribution in [3.63, 3.8) is 0 Å². The number of hydrogen-bond acceptors (Lipinski definition) is 4. The van der Waals surface area contributed by atoms with E-state index in [9.17, 15) is 9.59 Å². The molecule has 0 radical (unpaired) electrons. The van der Waals surface area contributed by atoms with Crippen molar-refractivity contribution in [2.24, 2.45) is 5.92 Å². The summed E-state index contributed by atoms with van der Waals surface area (Å²) >= 11 is 0. The van der Waals surface area contributed by atoms with Crippen LogP contribution in [0.5, 0.6) is 0 Å². The van der Waals surface area contributed by atoms with Crippen LogP contribution in [0.2, 0.25) is 0 Å². The van der Waals surface area contributed by atoms with Crippen LogP contribution >= 0.6 is 0 Å². The fourth-order valence-corrected chi connectivity index (χ4v) is 2.57. The first-order valence-electron chi connectivity index (χ1n) is 7.17. The van der Waals surface area contributed by atoms with E-state index in [1.165, 1.54) is 7.11 Å². The Kier molecular flexibility index (Phi) is 4.83. The van der Waals surface area contributed by atoms with E-state index in [-0.39, 0.29) is 17.8 Å². The molecule has 1 aromatic carbocycles. The van der Waals surface area contributed by atoms with Crippen LogP contribution in [0.1, 0.15) is 23.2 Å². The van der Waals surface area contributed by atoms with Gasteiger partial charge in [-0.15, -0.1) is 0 Å². The van der Waals surface area contributed by atoms with E-state index in [0.717, 1.165) is 5.69 Å². The van der Waals surface area contributed by atoms with Gasteiger partial charge in [0.1, 0.15) is 0 Å². The molecule has 1 heterocycles. The number of methoxy groups -OCH3 is 1. The Morgan fingerprint density at radius 2 is 1.71 bits per heavy atom. The highest BCUT2D eigenvalue weighted by molar-refractivity contribution is 5.94. The van der Waals surface area contributed by atoms with E-state index < -0.39 is 0 Å². The van der Waals surface area contributed by atoms with Gasteiger partial charge in [0.05, 0.1) is 13.0 Å². The molecule has 0 bridgehead atoms. The second-order valence-corrected chi connectivity index (χ2v) is 5.53. The molecule has 0 aliphatic carbocycles. The average molecular weight is 290 g/mol. The summed E-state index contributed by atoms with van der Waals surface area (Å²) in [6.07, 6.45) is 1.35. The maximum Gasteiger partial charge on any atom is 0.308 e. The highest BCUT2D eigenvalue weighted by Crippen LogP contribution is 2.21. The number of likely N-dealkylation sites (tertiary alicyclic amines) is 1. The number of carbonyl (C=O) groups excluding carboxylic acids is 2. The molecule has 1 aromatic rings. The second-order valence-electron chi connectivity index (χ2n) is 5.53. The minimum Gasteiger partial charge on any atom is -0.469 e. The van der Waals surface area contributed by atoms with E-state index >= 15 is 0 Å². The Balaban J connectivity index is 1.97. The first kappa shape index (κ1) is 15.4. The van der Waals surface area contributed by atoms with Crippen molar-refractivity contribution in [1.29, 1.82) is 0 Å². The molecule has 5 heteroatoms. The van der Waals surface area contributed by atoms with E-state index in [4.69, 9.17) is 4.74 Å². The standard InChI is InChI=1S/C16H22N2O3/c1-17(2)14-6-4-12(5-7-14)15(19)18-10-8-13(9-11-18)16(20)21-3/h4-7,13H,8-11H2,1-3H3. The highest BCUT2D eigenvalue weighted by atomic mass is 16.5. The predicted octanol–water partition coefficient (Wildman–Crippen LogP) is 1.78. The summed E-state index contributed by atoms with van der Waals surface area (Å²) in [5, 5.41) is 0. The summed E-state index contributed by atoms with van der Waals surface area (Å²) in [5.74, 6) is -0.212. The van der Waals surface area contributed by atoms with Gasteiger partial charge in [0.15, 0.2) is 0 Å². The van der Waals surface area contributed by atoms with Crippen molar-refractivity contribution in [2.75, 3.05) is 39.2 Å². The number of amides is 1. The smallest absolute Gasteiger partial charge is 0.308 e. The maximum atomic E-state index is 12.4. The lowest BCUT2D eigenvalue weighted by Crippen LogP contribution is -2.40. The van der Waals surface area contributed by atoms with E-state index in [1.54, 1.807) is 0 Å². The lowest BCUT2D eigenvalue weighted by Gasteiger charge is -2.30. The molecule has 0 N–H and O–H groups in total. The quantitative estimate of drug-likeness (QED) is 0.796. The molecule has 5 nitrogen and oxygen atoms in total. The first-order chi connectivity index (χ1) is 10.0. The van der Waals surface area contributed by atoms with Crippen molar-refractivity contribution >= 4 is 17.6 Å². The van der Waals surface area contributed by atoms with Crippen LogP contribution in [0, 0.1) is 5.92 Å². The zero-order chi connectivity index (χ0) is 15.4. The van der Waals surface area contributed by atoms with Gasteiger partial charge in [-0.1, -0.05) is 0 Å². The third-order valence-electron chi connectivity index (χ3n) is 3.95. The van der Waals surface area contributed by atoms with Crippen molar-refractivity contribution in [1.82, 2.24) is 4.90 Å². The number of anilines is 1. The van der Waals surface area contributed by atoms with Gasteiger partial charge < -0.3 is 14.5 Å². The molecule has 1 fully saturated rings. The SMILES string of the molecule is COC(=O)C1CCN(C(=O)c2ccc(N(C)C)cc2)CC1. The average Bonchev–Trinajstić information content (AvgIpc) is 2.53. The van der Waals surface area contributed by atoms with Gasteiger partial charge in [-0.3, -0.25) is 9.59 Å². The highest BCUT2D eigenvalue weighted by Gasteiger charge is 2.28. The molecule has 0 aromatic heterocycles. The van der Waals surface area contributed by atoms with Gasteiger partial charge in [-0.25, -0.2) is 0 Å². The number of piperidine rings is 1. The molecule has 1 aliphatic heterocycles. The summed E-state index contributed by atoms with van der Waals surface area (Å²) in [6.45, 7) is 1.21. The minimum absolute atomic E-state index is 0.0311. The Morgan fingerprint density at radius 3 is 2.19 bits per heavy atom. The normalized spacial score (nSPS) is 15.7.